The average Bonchev–Trinajstić information content (AvgIpc) is 2.80. The first kappa shape index (κ1) is 24.1. The lowest BCUT2D eigenvalue weighted by Crippen LogP contribution is -2.16. The van der Waals surface area contributed by atoms with Crippen molar-refractivity contribution in [1.29, 1.82) is 0 Å². The topological polar surface area (TPSA) is 0 Å². The smallest absolute Gasteiger partial charge is 0.00991 e. The van der Waals surface area contributed by atoms with E-state index in [4.69, 9.17) is 0 Å². The van der Waals surface area contributed by atoms with Gasteiger partial charge in [-0.1, -0.05) is 87.6 Å². The van der Waals surface area contributed by atoms with Crippen LogP contribution in [0, 0.1) is 11.8 Å². The second-order valence-electron chi connectivity index (χ2n) is 10.1. The molecule has 0 saturated heterocycles. The van der Waals surface area contributed by atoms with E-state index in [-0.39, 0.29) is 0 Å². The number of aryl methyl sites for hydroxylation is 2. The Morgan fingerprint density at radius 3 is 2.23 bits per heavy atom. The van der Waals surface area contributed by atoms with Crippen molar-refractivity contribution in [3.05, 3.63) is 63.3 Å². The predicted octanol–water partition coefficient (Wildman–Crippen LogP) is 9.42. The summed E-state index contributed by atoms with van der Waals surface area (Å²) in [5.41, 5.74) is 11.2. The first-order chi connectivity index (χ1) is 15.1. The summed E-state index contributed by atoms with van der Waals surface area (Å²) in [6.45, 7) is 11.6. The van der Waals surface area contributed by atoms with Crippen LogP contribution in [-0.2, 0) is 19.3 Å². The van der Waals surface area contributed by atoms with Gasteiger partial charge in [0, 0.05) is 0 Å². The molecule has 0 spiro atoms. The lowest BCUT2D eigenvalue weighted by molar-refractivity contribution is 0.293. The van der Waals surface area contributed by atoms with E-state index in [0.717, 1.165) is 24.7 Å². The molecule has 1 saturated carbocycles. The molecule has 0 aromatic heterocycles. The SMILES string of the molecule is CCCc1ccc(CC)c(/C=C(\CC2=CC=C(C)CC2)C2CCC(CC)CC2)c1CC. The van der Waals surface area contributed by atoms with Gasteiger partial charge in [-0.2, -0.15) is 0 Å². The fourth-order valence-electron chi connectivity index (χ4n) is 5.80. The Morgan fingerprint density at radius 1 is 0.903 bits per heavy atom. The summed E-state index contributed by atoms with van der Waals surface area (Å²) in [6.07, 6.45) is 22.9. The van der Waals surface area contributed by atoms with Crippen molar-refractivity contribution in [3.8, 4) is 0 Å². The van der Waals surface area contributed by atoms with E-state index in [9.17, 15) is 0 Å². The van der Waals surface area contributed by atoms with E-state index in [1.54, 1.807) is 33.4 Å². The number of allylic oxidation sites excluding steroid dienone is 5. The number of hydrogen-bond acceptors (Lipinski definition) is 0. The molecule has 0 atom stereocenters. The molecule has 0 aliphatic heterocycles. The molecular formula is C31H46. The van der Waals surface area contributed by atoms with Gasteiger partial charge >= 0.3 is 0 Å². The van der Waals surface area contributed by atoms with E-state index in [1.807, 2.05) is 0 Å². The van der Waals surface area contributed by atoms with Gasteiger partial charge in [0.15, 0.2) is 0 Å². The van der Waals surface area contributed by atoms with Crippen molar-refractivity contribution in [3.63, 3.8) is 0 Å². The lowest BCUT2D eigenvalue weighted by atomic mass is 9.74. The first-order valence-electron chi connectivity index (χ1n) is 13.3. The fourth-order valence-corrected chi connectivity index (χ4v) is 5.80. The molecule has 1 aromatic carbocycles. The quantitative estimate of drug-likeness (QED) is 0.374. The number of benzene rings is 1. The molecule has 0 N–H and O–H groups in total. The Bertz CT molecular complexity index is 809. The van der Waals surface area contributed by atoms with Crippen molar-refractivity contribution in [2.24, 2.45) is 11.8 Å². The third kappa shape index (κ3) is 6.24. The van der Waals surface area contributed by atoms with Crippen LogP contribution in [0.4, 0.5) is 0 Å². The summed E-state index contributed by atoms with van der Waals surface area (Å²) in [4.78, 5) is 0. The zero-order valence-corrected chi connectivity index (χ0v) is 21.0. The van der Waals surface area contributed by atoms with E-state index in [1.165, 1.54) is 69.8 Å². The molecule has 0 radical (unpaired) electrons. The van der Waals surface area contributed by atoms with Gasteiger partial charge in [0.25, 0.3) is 0 Å². The molecule has 0 heteroatoms. The third-order valence-corrected chi connectivity index (χ3v) is 7.95. The van der Waals surface area contributed by atoms with Crippen molar-refractivity contribution in [1.82, 2.24) is 0 Å². The van der Waals surface area contributed by atoms with E-state index in [0.29, 0.717) is 0 Å². The maximum atomic E-state index is 2.68. The largest absolute Gasteiger partial charge is 0.0730 e. The molecule has 0 bridgehead atoms. The van der Waals surface area contributed by atoms with E-state index < -0.39 is 0 Å². The molecule has 0 heterocycles. The van der Waals surface area contributed by atoms with Gasteiger partial charge in [0.05, 0.1) is 0 Å². The number of rotatable bonds is 9. The lowest BCUT2D eigenvalue weighted by Gasteiger charge is -2.31. The molecule has 31 heavy (non-hydrogen) atoms. The average molecular weight is 419 g/mol. The first-order valence-corrected chi connectivity index (χ1v) is 13.3. The predicted molar refractivity (Wildman–Crippen MR) is 139 cm³/mol. The van der Waals surface area contributed by atoms with Crippen LogP contribution in [0.25, 0.3) is 6.08 Å². The second kappa shape index (κ2) is 11.9. The minimum absolute atomic E-state index is 0.778. The van der Waals surface area contributed by atoms with Gasteiger partial charge in [-0.05, 0) is 105 Å². The highest BCUT2D eigenvalue weighted by atomic mass is 14.3. The highest BCUT2D eigenvalue weighted by molar-refractivity contribution is 5.63. The maximum absolute atomic E-state index is 2.68. The summed E-state index contributed by atoms with van der Waals surface area (Å²) in [7, 11) is 0. The number of hydrogen-bond donors (Lipinski definition) is 0. The molecular weight excluding hydrogens is 372 g/mol. The van der Waals surface area contributed by atoms with Crippen LogP contribution < -0.4 is 0 Å². The minimum atomic E-state index is 0.778. The van der Waals surface area contributed by atoms with Gasteiger partial charge < -0.3 is 0 Å². The zero-order valence-electron chi connectivity index (χ0n) is 21.0. The molecule has 2 aliphatic rings. The van der Waals surface area contributed by atoms with Crippen LogP contribution in [-0.4, -0.2) is 0 Å². The molecule has 1 fully saturated rings. The Morgan fingerprint density at radius 2 is 1.65 bits per heavy atom. The monoisotopic (exact) mass is 418 g/mol. The third-order valence-electron chi connectivity index (χ3n) is 7.95. The van der Waals surface area contributed by atoms with Gasteiger partial charge in [-0.3, -0.25) is 0 Å². The Labute approximate surface area is 192 Å². The second-order valence-corrected chi connectivity index (χ2v) is 10.1. The summed E-state index contributed by atoms with van der Waals surface area (Å²) in [5, 5.41) is 0. The molecule has 170 valence electrons. The fraction of sp³-hybridized carbons (Fsp3) is 0.613. The van der Waals surface area contributed by atoms with Crippen LogP contribution >= 0.6 is 0 Å². The van der Waals surface area contributed by atoms with E-state index in [2.05, 4.69) is 65.0 Å². The Kier molecular flexibility index (Phi) is 9.24. The standard InChI is InChI=1S/C31H46/c1-6-10-28-20-19-26(8-3)31(30(28)9-4)22-29(21-25-13-11-23(5)12-14-25)27-17-15-24(7-2)16-18-27/h11,13,19-20,22,24,27H,6-10,12,14-18,21H2,1-5H3/b29-22+. The molecule has 1 aromatic rings. The van der Waals surface area contributed by atoms with Gasteiger partial charge in [0.1, 0.15) is 0 Å². The molecule has 0 unspecified atom stereocenters. The highest BCUT2D eigenvalue weighted by Crippen LogP contribution is 2.39. The Balaban J connectivity index is 2.01. The molecule has 2 aliphatic carbocycles. The van der Waals surface area contributed by atoms with Gasteiger partial charge in [0.2, 0.25) is 0 Å². The normalized spacial score (nSPS) is 22.3. The zero-order chi connectivity index (χ0) is 22.2. The summed E-state index contributed by atoms with van der Waals surface area (Å²) in [5.74, 6) is 1.74. The van der Waals surface area contributed by atoms with Gasteiger partial charge in [-0.15, -0.1) is 0 Å². The molecule has 3 rings (SSSR count). The van der Waals surface area contributed by atoms with Crippen molar-refractivity contribution in [2.75, 3.05) is 0 Å². The van der Waals surface area contributed by atoms with Crippen molar-refractivity contribution in [2.45, 2.75) is 112 Å². The van der Waals surface area contributed by atoms with Crippen LogP contribution in [0.15, 0.2) is 41.0 Å². The van der Waals surface area contributed by atoms with Crippen LogP contribution in [0.3, 0.4) is 0 Å². The van der Waals surface area contributed by atoms with Crippen LogP contribution in [0.1, 0.15) is 115 Å². The molecule has 0 nitrogen and oxygen atoms in total. The van der Waals surface area contributed by atoms with Gasteiger partial charge in [-0.25, -0.2) is 0 Å². The summed E-state index contributed by atoms with van der Waals surface area (Å²) in [6, 6.07) is 4.84. The van der Waals surface area contributed by atoms with Crippen LogP contribution in [0.5, 0.6) is 0 Å². The molecule has 0 amide bonds. The summed E-state index contributed by atoms with van der Waals surface area (Å²) < 4.78 is 0. The summed E-state index contributed by atoms with van der Waals surface area (Å²) >= 11 is 0. The highest BCUT2D eigenvalue weighted by Gasteiger charge is 2.24. The van der Waals surface area contributed by atoms with Crippen molar-refractivity contribution < 1.29 is 0 Å². The minimum Gasteiger partial charge on any atom is -0.0730 e. The van der Waals surface area contributed by atoms with E-state index >= 15 is 0 Å². The Hall–Kier alpha value is -1.56. The maximum Gasteiger partial charge on any atom is -0.00991 e. The van der Waals surface area contributed by atoms with Crippen molar-refractivity contribution >= 4 is 6.08 Å². The van der Waals surface area contributed by atoms with Crippen LogP contribution in [0.2, 0.25) is 0 Å².